The summed E-state index contributed by atoms with van der Waals surface area (Å²) in [4.78, 5) is 0. The average Bonchev–Trinajstić information content (AvgIpc) is 2.37. The van der Waals surface area contributed by atoms with E-state index in [1.165, 1.54) is 25.3 Å². The van der Waals surface area contributed by atoms with Crippen molar-refractivity contribution in [2.24, 2.45) is 5.92 Å². The first kappa shape index (κ1) is 18.3. The zero-order chi connectivity index (χ0) is 15.9. The number of rotatable bonds is 8. The van der Waals surface area contributed by atoms with Crippen molar-refractivity contribution in [3.8, 4) is 0 Å². The molecule has 0 aliphatic heterocycles. The molecule has 1 nitrogen and oxygen atoms in total. The lowest BCUT2D eigenvalue weighted by Crippen LogP contribution is -2.07. The fourth-order valence-corrected chi connectivity index (χ4v) is 2.61. The number of unbranched alkanes of at least 4 members (excludes halogenated alkanes) is 3. The van der Waals surface area contributed by atoms with Gasteiger partial charge in [0.1, 0.15) is 0 Å². The standard InChI is InChI=1S/C16H23BrF3N/c1-12(2)7-5-3-4-6-10-21-15-9-8-13(11-14(15)17)16(18,19)20/h8-9,11-12,21H,3-7,10H2,1-2H3. The molecule has 0 saturated carbocycles. The van der Waals surface area contributed by atoms with Gasteiger partial charge in [-0.3, -0.25) is 0 Å². The van der Waals surface area contributed by atoms with Gasteiger partial charge in [-0.1, -0.05) is 39.5 Å². The fourth-order valence-electron chi connectivity index (χ4n) is 2.09. The molecule has 0 aromatic heterocycles. The highest BCUT2D eigenvalue weighted by molar-refractivity contribution is 9.10. The molecule has 0 fully saturated rings. The van der Waals surface area contributed by atoms with Crippen LogP contribution >= 0.6 is 15.9 Å². The zero-order valence-corrected chi connectivity index (χ0v) is 14.1. The van der Waals surface area contributed by atoms with Gasteiger partial charge in [-0.15, -0.1) is 0 Å². The Labute approximate surface area is 133 Å². The topological polar surface area (TPSA) is 12.0 Å². The summed E-state index contributed by atoms with van der Waals surface area (Å²) < 4.78 is 38.1. The van der Waals surface area contributed by atoms with Crippen LogP contribution in [0.25, 0.3) is 0 Å². The average molecular weight is 366 g/mol. The molecule has 1 N–H and O–H groups in total. The largest absolute Gasteiger partial charge is 0.416 e. The summed E-state index contributed by atoms with van der Waals surface area (Å²) in [6.07, 6.45) is 1.62. The van der Waals surface area contributed by atoms with Crippen LogP contribution in [-0.2, 0) is 6.18 Å². The number of nitrogens with one attached hydrogen (secondary N) is 1. The molecule has 0 heterocycles. The Morgan fingerprint density at radius 1 is 1.10 bits per heavy atom. The van der Waals surface area contributed by atoms with Gasteiger partial charge < -0.3 is 5.32 Å². The van der Waals surface area contributed by atoms with E-state index in [2.05, 4.69) is 35.1 Å². The Bertz CT molecular complexity index is 430. The second-order valence-corrected chi connectivity index (χ2v) is 6.57. The van der Waals surface area contributed by atoms with E-state index in [0.717, 1.165) is 37.4 Å². The molecule has 5 heteroatoms. The second-order valence-electron chi connectivity index (χ2n) is 5.72. The van der Waals surface area contributed by atoms with Crippen molar-refractivity contribution in [1.29, 1.82) is 0 Å². The van der Waals surface area contributed by atoms with Crippen LogP contribution in [0.15, 0.2) is 22.7 Å². The highest BCUT2D eigenvalue weighted by Crippen LogP contribution is 2.33. The number of alkyl halides is 3. The molecule has 0 unspecified atom stereocenters. The summed E-state index contributed by atoms with van der Waals surface area (Å²) in [7, 11) is 0. The Kier molecular flexibility index (Phi) is 7.57. The third-order valence-corrected chi connectivity index (χ3v) is 3.98. The van der Waals surface area contributed by atoms with Gasteiger partial charge in [0, 0.05) is 16.7 Å². The molecular formula is C16H23BrF3N. The molecule has 0 aliphatic carbocycles. The number of hydrogen-bond donors (Lipinski definition) is 1. The molecule has 120 valence electrons. The van der Waals surface area contributed by atoms with Crippen molar-refractivity contribution in [2.75, 3.05) is 11.9 Å². The lowest BCUT2D eigenvalue weighted by molar-refractivity contribution is -0.137. The smallest absolute Gasteiger partial charge is 0.384 e. The van der Waals surface area contributed by atoms with Crippen molar-refractivity contribution in [1.82, 2.24) is 0 Å². The van der Waals surface area contributed by atoms with Crippen molar-refractivity contribution >= 4 is 21.6 Å². The van der Waals surface area contributed by atoms with Crippen LogP contribution in [0.1, 0.15) is 51.5 Å². The predicted octanol–water partition coefficient (Wildman–Crippen LogP) is 6.49. The Morgan fingerprint density at radius 2 is 1.76 bits per heavy atom. The van der Waals surface area contributed by atoms with Gasteiger partial charge in [0.15, 0.2) is 0 Å². The number of benzene rings is 1. The maximum atomic E-state index is 12.5. The van der Waals surface area contributed by atoms with Crippen LogP contribution in [0.3, 0.4) is 0 Å². The van der Waals surface area contributed by atoms with E-state index in [9.17, 15) is 13.2 Å². The molecular weight excluding hydrogens is 343 g/mol. The zero-order valence-electron chi connectivity index (χ0n) is 12.6. The van der Waals surface area contributed by atoms with E-state index in [0.29, 0.717) is 10.2 Å². The van der Waals surface area contributed by atoms with Gasteiger partial charge >= 0.3 is 6.18 Å². The molecule has 0 amide bonds. The van der Waals surface area contributed by atoms with Crippen LogP contribution in [0.2, 0.25) is 0 Å². The first-order chi connectivity index (χ1) is 9.80. The quantitative estimate of drug-likeness (QED) is 0.519. The third-order valence-electron chi connectivity index (χ3n) is 3.32. The first-order valence-electron chi connectivity index (χ1n) is 7.41. The molecule has 0 saturated heterocycles. The van der Waals surface area contributed by atoms with Gasteiger partial charge in [-0.05, 0) is 46.5 Å². The number of anilines is 1. The fraction of sp³-hybridized carbons (Fsp3) is 0.625. The maximum Gasteiger partial charge on any atom is 0.416 e. The van der Waals surface area contributed by atoms with E-state index in [1.54, 1.807) is 0 Å². The van der Waals surface area contributed by atoms with Crippen molar-refractivity contribution in [3.63, 3.8) is 0 Å². The Morgan fingerprint density at radius 3 is 2.33 bits per heavy atom. The van der Waals surface area contributed by atoms with Crippen LogP contribution in [-0.4, -0.2) is 6.54 Å². The van der Waals surface area contributed by atoms with Crippen LogP contribution in [0.5, 0.6) is 0 Å². The van der Waals surface area contributed by atoms with E-state index < -0.39 is 11.7 Å². The number of halogens is 4. The maximum absolute atomic E-state index is 12.5. The molecule has 0 radical (unpaired) electrons. The minimum absolute atomic E-state index is 0.456. The van der Waals surface area contributed by atoms with Gasteiger partial charge in [0.2, 0.25) is 0 Å². The molecule has 0 spiro atoms. The van der Waals surface area contributed by atoms with Crippen molar-refractivity contribution in [3.05, 3.63) is 28.2 Å². The van der Waals surface area contributed by atoms with Crippen molar-refractivity contribution in [2.45, 2.75) is 52.1 Å². The summed E-state index contributed by atoms with van der Waals surface area (Å²) in [5, 5.41) is 3.18. The lowest BCUT2D eigenvalue weighted by atomic mass is 10.0. The number of hydrogen-bond acceptors (Lipinski definition) is 1. The molecule has 1 aromatic rings. The predicted molar refractivity (Wildman–Crippen MR) is 85.6 cm³/mol. The summed E-state index contributed by atoms with van der Waals surface area (Å²) in [6.45, 7) is 5.24. The molecule has 0 aliphatic rings. The van der Waals surface area contributed by atoms with Crippen molar-refractivity contribution < 1.29 is 13.2 Å². The molecule has 1 rings (SSSR count). The molecule has 21 heavy (non-hydrogen) atoms. The molecule has 0 bridgehead atoms. The first-order valence-corrected chi connectivity index (χ1v) is 8.20. The highest BCUT2D eigenvalue weighted by atomic mass is 79.9. The van der Waals surface area contributed by atoms with Gasteiger partial charge in [0.05, 0.1) is 5.56 Å². The van der Waals surface area contributed by atoms with Gasteiger partial charge in [-0.2, -0.15) is 13.2 Å². The van der Waals surface area contributed by atoms with E-state index in [4.69, 9.17) is 0 Å². The SMILES string of the molecule is CC(C)CCCCCCNc1ccc(C(F)(F)F)cc1Br. The summed E-state index contributed by atoms with van der Waals surface area (Å²) in [5.41, 5.74) is 0.0822. The van der Waals surface area contributed by atoms with E-state index in [1.807, 2.05) is 0 Å². The van der Waals surface area contributed by atoms with Gasteiger partial charge in [0.25, 0.3) is 0 Å². The Balaban J connectivity index is 2.30. The van der Waals surface area contributed by atoms with Crippen LogP contribution in [0.4, 0.5) is 18.9 Å². The summed E-state index contributed by atoms with van der Waals surface area (Å²) >= 11 is 3.19. The van der Waals surface area contributed by atoms with Crippen LogP contribution < -0.4 is 5.32 Å². The third kappa shape index (κ3) is 7.21. The molecule has 0 atom stereocenters. The monoisotopic (exact) mass is 365 g/mol. The lowest BCUT2D eigenvalue weighted by Gasteiger charge is -2.12. The minimum Gasteiger partial charge on any atom is -0.384 e. The summed E-state index contributed by atoms with van der Waals surface area (Å²) in [6, 6.07) is 3.70. The normalized spacial score (nSPS) is 12.0. The minimum atomic E-state index is -4.29. The summed E-state index contributed by atoms with van der Waals surface area (Å²) in [5.74, 6) is 0.756. The highest BCUT2D eigenvalue weighted by Gasteiger charge is 2.30. The van der Waals surface area contributed by atoms with Crippen LogP contribution in [0, 0.1) is 5.92 Å². The van der Waals surface area contributed by atoms with E-state index in [-0.39, 0.29) is 0 Å². The van der Waals surface area contributed by atoms with Gasteiger partial charge in [-0.25, -0.2) is 0 Å². The van der Waals surface area contributed by atoms with E-state index >= 15 is 0 Å². The second kappa shape index (κ2) is 8.66. The molecule has 1 aromatic carbocycles. The Hall–Kier alpha value is -0.710.